The summed E-state index contributed by atoms with van der Waals surface area (Å²) in [4.78, 5) is 39.1. The number of halogens is 2. The minimum atomic E-state index is -0.603. The van der Waals surface area contributed by atoms with E-state index in [1.165, 1.54) is 0 Å². The lowest BCUT2D eigenvalue weighted by Crippen LogP contribution is -2.32. The van der Waals surface area contributed by atoms with Gasteiger partial charge in [0.15, 0.2) is 0 Å². The number of carbonyl (C=O) groups excluding carboxylic acids is 3. The van der Waals surface area contributed by atoms with Crippen LogP contribution in [0.5, 0.6) is 5.75 Å². The van der Waals surface area contributed by atoms with E-state index in [0.717, 1.165) is 21.6 Å². The molecule has 0 atom stereocenters. The first kappa shape index (κ1) is 23.5. The number of nitrogens with one attached hydrogen (secondary N) is 1. The number of imide groups is 1. The van der Waals surface area contributed by atoms with Gasteiger partial charge in [0.1, 0.15) is 16.5 Å². The van der Waals surface area contributed by atoms with Crippen molar-refractivity contribution in [3.63, 3.8) is 0 Å². The number of amides is 2. The van der Waals surface area contributed by atoms with Gasteiger partial charge in [-0.15, -0.1) is 0 Å². The van der Waals surface area contributed by atoms with E-state index in [4.69, 9.17) is 27.9 Å². The highest BCUT2D eigenvalue weighted by molar-refractivity contribution is 6.53. The molecule has 0 saturated carbocycles. The van der Waals surface area contributed by atoms with E-state index in [1.54, 1.807) is 54.6 Å². The fraction of sp³-hybridized carbons (Fsp3) is 0.115. The first-order valence-electron chi connectivity index (χ1n) is 10.4. The summed E-state index contributed by atoms with van der Waals surface area (Å²) in [7, 11) is 0. The number of ether oxygens (including phenoxy) is 1. The SMILES string of the molecule is Cc1cccc(N2C(=O)C(Cl)=C(Nc3ccc(C(=O)Oc4cc(C)c(Cl)c(C)c4)cc3)C2=O)c1. The molecule has 6 nitrogen and oxygen atoms in total. The van der Waals surface area contributed by atoms with E-state index in [1.807, 2.05) is 26.8 Å². The van der Waals surface area contributed by atoms with Gasteiger partial charge in [0.2, 0.25) is 0 Å². The maximum absolute atomic E-state index is 12.9. The molecule has 2 amide bonds. The van der Waals surface area contributed by atoms with Crippen LogP contribution < -0.4 is 15.0 Å². The van der Waals surface area contributed by atoms with Crippen LogP contribution in [0, 0.1) is 20.8 Å². The third kappa shape index (κ3) is 4.55. The van der Waals surface area contributed by atoms with Crippen LogP contribution in [0.2, 0.25) is 5.02 Å². The highest BCUT2D eigenvalue weighted by atomic mass is 35.5. The lowest BCUT2D eigenvalue weighted by atomic mass is 10.1. The van der Waals surface area contributed by atoms with E-state index < -0.39 is 17.8 Å². The Labute approximate surface area is 206 Å². The van der Waals surface area contributed by atoms with Crippen molar-refractivity contribution in [2.24, 2.45) is 0 Å². The first-order chi connectivity index (χ1) is 16.2. The van der Waals surface area contributed by atoms with E-state index in [0.29, 0.717) is 27.7 Å². The molecule has 4 rings (SSSR count). The first-order valence-corrected chi connectivity index (χ1v) is 11.1. The highest BCUT2D eigenvalue weighted by Gasteiger charge is 2.39. The number of hydrogen-bond acceptors (Lipinski definition) is 5. The number of anilines is 2. The fourth-order valence-electron chi connectivity index (χ4n) is 3.58. The predicted molar refractivity (Wildman–Crippen MR) is 133 cm³/mol. The molecule has 34 heavy (non-hydrogen) atoms. The van der Waals surface area contributed by atoms with Crippen LogP contribution in [0.4, 0.5) is 11.4 Å². The summed E-state index contributed by atoms with van der Waals surface area (Å²) in [5.74, 6) is -1.30. The standard InChI is InChI=1S/C26H20Cl2N2O4/c1-14-5-4-6-19(11-14)30-24(31)22(28)23(25(30)32)29-18-9-7-17(8-10-18)26(33)34-20-12-15(2)21(27)16(3)13-20/h4-13,29H,1-3H3. The monoisotopic (exact) mass is 494 g/mol. The third-order valence-corrected chi connectivity index (χ3v) is 6.24. The van der Waals surface area contributed by atoms with Crippen LogP contribution in [-0.4, -0.2) is 17.8 Å². The van der Waals surface area contributed by atoms with Gasteiger partial charge < -0.3 is 10.1 Å². The average Bonchev–Trinajstić information content (AvgIpc) is 3.01. The molecule has 8 heteroatoms. The summed E-state index contributed by atoms with van der Waals surface area (Å²) in [6.45, 7) is 5.54. The molecule has 0 bridgehead atoms. The van der Waals surface area contributed by atoms with Gasteiger partial charge in [0.25, 0.3) is 11.8 Å². The van der Waals surface area contributed by atoms with Crippen molar-refractivity contribution in [2.45, 2.75) is 20.8 Å². The molecular formula is C26H20Cl2N2O4. The van der Waals surface area contributed by atoms with Crippen molar-refractivity contribution in [2.75, 3.05) is 10.2 Å². The van der Waals surface area contributed by atoms with E-state index >= 15 is 0 Å². The molecular weight excluding hydrogens is 475 g/mol. The molecule has 0 radical (unpaired) electrons. The van der Waals surface area contributed by atoms with Crippen molar-refractivity contribution in [1.82, 2.24) is 0 Å². The Hall–Kier alpha value is -3.61. The Morgan fingerprint density at radius 2 is 1.53 bits per heavy atom. The van der Waals surface area contributed by atoms with Gasteiger partial charge in [-0.2, -0.15) is 0 Å². The minimum Gasteiger partial charge on any atom is -0.423 e. The molecule has 1 aliphatic rings. The minimum absolute atomic E-state index is 0.0318. The number of nitrogens with zero attached hydrogens (tertiary/aromatic N) is 1. The van der Waals surface area contributed by atoms with Gasteiger partial charge in [0, 0.05) is 10.7 Å². The summed E-state index contributed by atoms with van der Waals surface area (Å²) in [5.41, 5.74) is 3.73. The van der Waals surface area contributed by atoms with E-state index in [-0.39, 0.29) is 10.7 Å². The van der Waals surface area contributed by atoms with E-state index in [9.17, 15) is 14.4 Å². The number of benzene rings is 3. The summed E-state index contributed by atoms with van der Waals surface area (Å²) < 4.78 is 5.46. The number of esters is 1. The van der Waals surface area contributed by atoms with E-state index in [2.05, 4.69) is 5.32 Å². The molecule has 172 valence electrons. The smallest absolute Gasteiger partial charge is 0.343 e. The second-order valence-electron chi connectivity index (χ2n) is 7.94. The molecule has 0 saturated heterocycles. The van der Waals surface area contributed by atoms with Gasteiger partial charge >= 0.3 is 5.97 Å². The quantitative estimate of drug-likeness (QED) is 0.270. The van der Waals surface area contributed by atoms with Crippen LogP contribution in [0.1, 0.15) is 27.0 Å². The highest BCUT2D eigenvalue weighted by Crippen LogP contribution is 2.31. The number of carbonyl (C=O) groups is 3. The van der Waals surface area contributed by atoms with Gasteiger partial charge in [-0.3, -0.25) is 9.59 Å². The molecule has 1 N–H and O–H groups in total. The summed E-state index contributed by atoms with van der Waals surface area (Å²) >= 11 is 12.4. The number of rotatable bonds is 5. The van der Waals surface area contributed by atoms with Gasteiger partial charge in [-0.05, 0) is 86.0 Å². The Morgan fingerprint density at radius 3 is 2.15 bits per heavy atom. The van der Waals surface area contributed by atoms with Crippen LogP contribution in [-0.2, 0) is 9.59 Å². The molecule has 1 heterocycles. The molecule has 1 aliphatic heterocycles. The van der Waals surface area contributed by atoms with Crippen molar-refractivity contribution >= 4 is 52.4 Å². The molecule has 0 unspecified atom stereocenters. The topological polar surface area (TPSA) is 75.7 Å². The Kier molecular flexibility index (Phi) is 6.46. The molecule has 0 fully saturated rings. The maximum Gasteiger partial charge on any atom is 0.343 e. The normalized spacial score (nSPS) is 13.5. The zero-order valence-corrected chi connectivity index (χ0v) is 20.1. The van der Waals surface area contributed by atoms with Gasteiger partial charge in [-0.25, -0.2) is 9.69 Å². The maximum atomic E-state index is 12.9. The van der Waals surface area contributed by atoms with Crippen molar-refractivity contribution < 1.29 is 19.1 Å². The summed E-state index contributed by atoms with van der Waals surface area (Å²) in [5, 5.41) is 3.31. The fourth-order valence-corrected chi connectivity index (χ4v) is 3.90. The summed E-state index contributed by atoms with van der Waals surface area (Å²) in [6, 6.07) is 16.7. The second kappa shape index (κ2) is 9.33. The van der Waals surface area contributed by atoms with Gasteiger partial charge in [-0.1, -0.05) is 35.3 Å². The lowest BCUT2D eigenvalue weighted by Gasteiger charge is -2.15. The van der Waals surface area contributed by atoms with Crippen LogP contribution in [0.3, 0.4) is 0 Å². The third-order valence-electron chi connectivity index (χ3n) is 5.30. The van der Waals surface area contributed by atoms with Crippen LogP contribution in [0.25, 0.3) is 0 Å². The van der Waals surface area contributed by atoms with Crippen molar-refractivity contribution in [3.8, 4) is 5.75 Å². The zero-order valence-electron chi connectivity index (χ0n) is 18.6. The molecule has 3 aromatic rings. The molecule has 0 aliphatic carbocycles. The second-order valence-corrected chi connectivity index (χ2v) is 8.69. The van der Waals surface area contributed by atoms with Crippen molar-refractivity contribution in [1.29, 1.82) is 0 Å². The van der Waals surface area contributed by atoms with Gasteiger partial charge in [0.05, 0.1) is 11.3 Å². The van der Waals surface area contributed by atoms with Crippen LogP contribution >= 0.6 is 23.2 Å². The lowest BCUT2D eigenvalue weighted by molar-refractivity contribution is -0.120. The molecule has 0 aromatic heterocycles. The zero-order chi connectivity index (χ0) is 24.6. The Balaban J connectivity index is 1.49. The molecule has 0 spiro atoms. The summed E-state index contributed by atoms with van der Waals surface area (Å²) in [6.07, 6.45) is 0. The average molecular weight is 495 g/mol. The number of aryl methyl sites for hydroxylation is 3. The Morgan fingerprint density at radius 1 is 0.882 bits per heavy atom. The molecule has 3 aromatic carbocycles. The number of hydrogen-bond donors (Lipinski definition) is 1. The largest absolute Gasteiger partial charge is 0.423 e. The predicted octanol–water partition coefficient (Wildman–Crippen LogP) is 5.92. The van der Waals surface area contributed by atoms with Crippen molar-refractivity contribution in [3.05, 3.63) is 98.7 Å². The Bertz CT molecular complexity index is 1340. The van der Waals surface area contributed by atoms with Crippen LogP contribution in [0.15, 0.2) is 71.4 Å².